The molecule has 0 atom stereocenters. The molecule has 160 valence electrons. The van der Waals surface area contributed by atoms with Crippen molar-refractivity contribution in [1.29, 1.82) is 0 Å². The maximum absolute atomic E-state index is 13.5. The van der Waals surface area contributed by atoms with Crippen molar-refractivity contribution < 1.29 is 14.1 Å². The van der Waals surface area contributed by atoms with E-state index in [-0.39, 0.29) is 30.5 Å². The molecule has 2 aromatic rings. The number of nitro benzene ring substituents is 1. The van der Waals surface area contributed by atoms with E-state index in [9.17, 15) is 19.3 Å². The number of nitro groups is 1. The molecule has 0 fully saturated rings. The number of rotatable bonds is 6. The first kappa shape index (κ1) is 22.2. The van der Waals surface area contributed by atoms with Crippen molar-refractivity contribution in [3.8, 4) is 0 Å². The number of hydrogen-bond acceptors (Lipinski definition) is 6. The first-order valence-corrected chi connectivity index (χ1v) is 9.98. The molecule has 0 radical (unpaired) electrons. The summed E-state index contributed by atoms with van der Waals surface area (Å²) in [7, 11) is 1.56. The summed E-state index contributed by atoms with van der Waals surface area (Å²) >= 11 is 3.13. The lowest BCUT2D eigenvalue weighted by Gasteiger charge is -2.12. The van der Waals surface area contributed by atoms with Crippen molar-refractivity contribution >= 4 is 50.6 Å². The first-order chi connectivity index (χ1) is 14.9. The maximum Gasteiger partial charge on any atom is 0.269 e. The van der Waals surface area contributed by atoms with E-state index in [1.165, 1.54) is 18.2 Å². The number of nitrogens with zero attached hydrogens (tertiary/aromatic N) is 4. The summed E-state index contributed by atoms with van der Waals surface area (Å²) in [4.78, 5) is 35.4. The summed E-state index contributed by atoms with van der Waals surface area (Å²) < 4.78 is 13.7. The van der Waals surface area contributed by atoms with E-state index in [0.29, 0.717) is 33.7 Å². The normalized spacial score (nSPS) is 13.5. The third kappa shape index (κ3) is 5.79. The molecule has 31 heavy (non-hydrogen) atoms. The van der Waals surface area contributed by atoms with Gasteiger partial charge in [-0.1, -0.05) is 12.1 Å². The summed E-state index contributed by atoms with van der Waals surface area (Å²) in [6.45, 7) is 0.142. The number of hydrogen-bond donors (Lipinski definition) is 2. The van der Waals surface area contributed by atoms with Crippen molar-refractivity contribution in [2.24, 2.45) is 15.0 Å². The molecule has 0 unspecified atom stereocenters. The zero-order chi connectivity index (χ0) is 22.4. The molecule has 0 aromatic heterocycles. The number of carbonyl (C=O) groups is 1. The predicted octanol–water partition coefficient (Wildman–Crippen LogP) is 3.50. The van der Waals surface area contributed by atoms with Gasteiger partial charge in [0.2, 0.25) is 5.91 Å². The molecule has 0 saturated heterocycles. The topological polar surface area (TPSA) is 121 Å². The van der Waals surface area contributed by atoms with Gasteiger partial charge in [0.1, 0.15) is 18.2 Å². The molecule has 0 saturated carbocycles. The monoisotopic (exact) mass is 488 g/mol. The van der Waals surface area contributed by atoms with Crippen molar-refractivity contribution in [3.05, 3.63) is 68.4 Å². The van der Waals surface area contributed by atoms with Gasteiger partial charge in [-0.3, -0.25) is 24.9 Å². The number of aryl methyl sites for hydroxylation is 1. The summed E-state index contributed by atoms with van der Waals surface area (Å²) in [6, 6.07) is 10.6. The van der Waals surface area contributed by atoms with Gasteiger partial charge in [-0.2, -0.15) is 0 Å². The Morgan fingerprint density at radius 2 is 2.06 bits per heavy atom. The van der Waals surface area contributed by atoms with Crippen LogP contribution >= 0.6 is 15.9 Å². The predicted molar refractivity (Wildman–Crippen MR) is 120 cm³/mol. The average Bonchev–Trinajstić information content (AvgIpc) is 3.21. The second-order valence-electron chi connectivity index (χ2n) is 6.46. The van der Waals surface area contributed by atoms with Crippen LogP contribution in [0.2, 0.25) is 0 Å². The lowest BCUT2D eigenvalue weighted by molar-refractivity contribution is -0.384. The van der Waals surface area contributed by atoms with E-state index >= 15 is 0 Å². The smallest absolute Gasteiger partial charge is 0.269 e. The number of anilines is 1. The van der Waals surface area contributed by atoms with Crippen LogP contribution < -0.4 is 10.6 Å². The van der Waals surface area contributed by atoms with E-state index < -0.39 is 10.7 Å². The maximum atomic E-state index is 13.5. The van der Waals surface area contributed by atoms with E-state index in [2.05, 4.69) is 41.5 Å². The molecule has 0 bridgehead atoms. The van der Waals surface area contributed by atoms with Gasteiger partial charge in [0.15, 0.2) is 11.7 Å². The molecule has 1 heterocycles. The average molecular weight is 489 g/mol. The molecule has 1 aliphatic rings. The van der Waals surface area contributed by atoms with Gasteiger partial charge < -0.3 is 10.6 Å². The first-order valence-electron chi connectivity index (χ1n) is 9.19. The van der Waals surface area contributed by atoms with Gasteiger partial charge in [-0.15, -0.1) is 0 Å². The van der Waals surface area contributed by atoms with Crippen LogP contribution in [-0.4, -0.2) is 41.9 Å². The van der Waals surface area contributed by atoms with E-state index in [1.54, 1.807) is 31.3 Å². The molecular weight excluding hydrogens is 471 g/mol. The van der Waals surface area contributed by atoms with Crippen LogP contribution in [0.15, 0.2) is 61.9 Å². The van der Waals surface area contributed by atoms with Crippen LogP contribution in [0.3, 0.4) is 0 Å². The Morgan fingerprint density at radius 3 is 2.77 bits per heavy atom. The quantitative estimate of drug-likeness (QED) is 0.279. The number of nitrogens with one attached hydrogen (secondary N) is 2. The highest BCUT2D eigenvalue weighted by Gasteiger charge is 2.22. The molecule has 11 heteroatoms. The number of benzene rings is 2. The van der Waals surface area contributed by atoms with Gasteiger partial charge in [0, 0.05) is 31.3 Å². The van der Waals surface area contributed by atoms with Crippen molar-refractivity contribution in [2.45, 2.75) is 12.8 Å². The Morgan fingerprint density at radius 1 is 1.26 bits per heavy atom. The zero-order valence-corrected chi connectivity index (χ0v) is 18.0. The number of amides is 1. The lowest BCUT2D eigenvalue weighted by atomic mass is 10.1. The minimum atomic E-state index is -0.474. The molecule has 0 aliphatic carbocycles. The molecule has 0 spiro atoms. The van der Waals surface area contributed by atoms with E-state index in [4.69, 9.17) is 0 Å². The van der Waals surface area contributed by atoms with Crippen LogP contribution in [-0.2, 0) is 11.2 Å². The SMILES string of the molecule is CN=C(Nc1ccc(F)c(Br)c1)C1=NCN=C1NC(=O)CCc1cccc([N+](=O)[O-])c1. The van der Waals surface area contributed by atoms with Gasteiger partial charge in [0.25, 0.3) is 5.69 Å². The van der Waals surface area contributed by atoms with Gasteiger partial charge in [-0.05, 0) is 46.1 Å². The molecular formula is C20H18BrFN6O3. The largest absolute Gasteiger partial charge is 0.339 e. The van der Waals surface area contributed by atoms with E-state index in [0.717, 1.165) is 0 Å². The highest BCUT2D eigenvalue weighted by Crippen LogP contribution is 2.20. The second kappa shape index (κ2) is 10.0. The van der Waals surface area contributed by atoms with Crippen LogP contribution in [0.25, 0.3) is 0 Å². The van der Waals surface area contributed by atoms with Crippen LogP contribution in [0, 0.1) is 15.9 Å². The number of aliphatic imine (C=N–C) groups is 3. The number of amidine groups is 2. The standard InChI is InChI=1S/C20H18BrFN6O3/c1-23-19(26-13-6-7-16(22)15(21)10-13)18-20(25-11-24-18)27-17(29)8-5-12-3-2-4-14(9-12)28(30)31/h2-4,6-7,9-10H,5,8,11H2,1H3,(H,23,26)(H,25,27,29). The Hall–Kier alpha value is -3.47. The minimum Gasteiger partial charge on any atom is -0.339 e. The Bertz CT molecular complexity index is 1120. The third-order valence-corrected chi connectivity index (χ3v) is 4.94. The summed E-state index contributed by atoms with van der Waals surface area (Å²) in [5.41, 5.74) is 1.63. The molecule has 2 N–H and O–H groups in total. The lowest BCUT2D eigenvalue weighted by Crippen LogP contribution is -2.40. The van der Waals surface area contributed by atoms with Crippen LogP contribution in [0.1, 0.15) is 12.0 Å². The number of halogens is 2. The molecule has 3 rings (SSSR count). The molecule has 1 amide bonds. The van der Waals surface area contributed by atoms with Crippen LogP contribution in [0.5, 0.6) is 0 Å². The minimum absolute atomic E-state index is 0.0187. The summed E-state index contributed by atoms with van der Waals surface area (Å²) in [5, 5.41) is 16.6. The van der Waals surface area contributed by atoms with Crippen molar-refractivity contribution in [1.82, 2.24) is 5.32 Å². The fourth-order valence-corrected chi connectivity index (χ4v) is 3.20. The fraction of sp³-hybridized carbons (Fsp3) is 0.200. The fourth-order valence-electron chi connectivity index (χ4n) is 2.82. The molecule has 1 aliphatic heterocycles. The highest BCUT2D eigenvalue weighted by molar-refractivity contribution is 9.10. The van der Waals surface area contributed by atoms with E-state index in [1.807, 2.05) is 0 Å². The Kier molecular flexibility index (Phi) is 7.19. The summed E-state index contributed by atoms with van der Waals surface area (Å²) in [6.07, 6.45) is 0.453. The van der Waals surface area contributed by atoms with Gasteiger partial charge in [-0.25, -0.2) is 9.38 Å². The summed E-state index contributed by atoms with van der Waals surface area (Å²) in [5.74, 6) is -0.0519. The third-order valence-electron chi connectivity index (χ3n) is 4.33. The van der Waals surface area contributed by atoms with Gasteiger partial charge >= 0.3 is 0 Å². The molecule has 9 nitrogen and oxygen atoms in total. The van der Waals surface area contributed by atoms with Crippen molar-refractivity contribution in [2.75, 3.05) is 19.0 Å². The Balaban J connectivity index is 1.61. The number of carbonyl (C=O) groups excluding carboxylic acids is 1. The number of non-ortho nitro benzene ring substituents is 1. The zero-order valence-electron chi connectivity index (χ0n) is 16.4. The van der Waals surface area contributed by atoms with Crippen molar-refractivity contribution in [3.63, 3.8) is 0 Å². The highest BCUT2D eigenvalue weighted by atomic mass is 79.9. The van der Waals surface area contributed by atoms with Gasteiger partial charge in [0.05, 0.1) is 9.40 Å². The molecule has 2 aromatic carbocycles. The Labute approximate surface area is 185 Å². The van der Waals surface area contributed by atoms with Crippen LogP contribution in [0.4, 0.5) is 15.8 Å². The second-order valence-corrected chi connectivity index (χ2v) is 7.31.